The number of hydrogen-bond donors (Lipinski definition) is 2. The summed E-state index contributed by atoms with van der Waals surface area (Å²) in [5.74, 6) is 0.488. The lowest BCUT2D eigenvalue weighted by Gasteiger charge is -2.05. The molecular weight excluding hydrogens is 353 g/mol. The zero-order chi connectivity index (χ0) is 18.4. The summed E-state index contributed by atoms with van der Waals surface area (Å²) >= 11 is 5.89. The molecule has 0 saturated heterocycles. The summed E-state index contributed by atoms with van der Waals surface area (Å²) < 4.78 is 12.8. The van der Waals surface area contributed by atoms with E-state index >= 15 is 0 Å². The first-order valence-electron chi connectivity index (χ1n) is 8.41. The van der Waals surface area contributed by atoms with Crippen LogP contribution in [0.15, 0.2) is 54.7 Å². The van der Waals surface area contributed by atoms with Crippen LogP contribution in [0.5, 0.6) is 0 Å². The summed E-state index contributed by atoms with van der Waals surface area (Å²) in [6.07, 6.45) is 3.42. The van der Waals surface area contributed by atoms with E-state index in [1.165, 1.54) is 12.1 Å². The third-order valence-electron chi connectivity index (χ3n) is 4.02. The van der Waals surface area contributed by atoms with Gasteiger partial charge in [0.1, 0.15) is 11.6 Å². The number of amides is 1. The number of nitrogens with zero attached hydrogens (tertiary/aromatic N) is 1. The molecular formula is C20H19ClFN3O. The molecule has 0 saturated carbocycles. The molecule has 2 N–H and O–H groups in total. The van der Waals surface area contributed by atoms with Crippen LogP contribution in [0.4, 0.5) is 4.39 Å². The minimum Gasteiger partial charge on any atom is -0.356 e. The Morgan fingerprint density at radius 1 is 1.08 bits per heavy atom. The number of aryl methyl sites for hydroxylation is 1. The number of aromatic nitrogens is 2. The van der Waals surface area contributed by atoms with Crippen molar-refractivity contribution in [2.45, 2.75) is 19.3 Å². The van der Waals surface area contributed by atoms with Gasteiger partial charge in [-0.3, -0.25) is 4.79 Å². The number of H-pyrrole nitrogens is 1. The molecule has 1 aromatic heterocycles. The van der Waals surface area contributed by atoms with Gasteiger partial charge in [-0.25, -0.2) is 9.37 Å². The van der Waals surface area contributed by atoms with Crippen LogP contribution in [0, 0.1) is 5.82 Å². The number of benzene rings is 2. The monoisotopic (exact) mass is 371 g/mol. The van der Waals surface area contributed by atoms with Crippen LogP contribution in [0.1, 0.15) is 17.7 Å². The summed E-state index contributed by atoms with van der Waals surface area (Å²) in [6, 6.07) is 13.7. The van der Waals surface area contributed by atoms with E-state index in [0.717, 1.165) is 22.6 Å². The van der Waals surface area contributed by atoms with Crippen LogP contribution in [-0.4, -0.2) is 22.4 Å². The zero-order valence-corrected chi connectivity index (χ0v) is 14.9. The van der Waals surface area contributed by atoms with Crippen molar-refractivity contribution in [3.63, 3.8) is 0 Å². The van der Waals surface area contributed by atoms with E-state index in [1.807, 2.05) is 24.3 Å². The summed E-state index contributed by atoms with van der Waals surface area (Å²) in [6.45, 7) is 0.532. The van der Waals surface area contributed by atoms with Gasteiger partial charge >= 0.3 is 0 Å². The van der Waals surface area contributed by atoms with Crippen molar-refractivity contribution >= 4 is 17.5 Å². The fraction of sp³-hybridized carbons (Fsp3) is 0.200. The average molecular weight is 372 g/mol. The first-order chi connectivity index (χ1) is 12.6. The summed E-state index contributed by atoms with van der Waals surface area (Å²) in [5.41, 5.74) is 2.86. The molecule has 0 radical (unpaired) electrons. The van der Waals surface area contributed by atoms with Crippen molar-refractivity contribution in [1.82, 2.24) is 15.3 Å². The highest BCUT2D eigenvalue weighted by molar-refractivity contribution is 6.30. The van der Waals surface area contributed by atoms with Crippen molar-refractivity contribution in [1.29, 1.82) is 0 Å². The lowest BCUT2D eigenvalue weighted by Crippen LogP contribution is -2.25. The zero-order valence-electron chi connectivity index (χ0n) is 14.1. The van der Waals surface area contributed by atoms with Crippen molar-refractivity contribution in [2.24, 2.45) is 0 Å². The van der Waals surface area contributed by atoms with E-state index in [2.05, 4.69) is 15.3 Å². The molecule has 0 atom stereocenters. The number of carbonyl (C=O) groups excluding carboxylic acids is 1. The molecule has 6 heteroatoms. The molecule has 0 aliphatic rings. The maximum atomic E-state index is 12.8. The maximum Gasteiger partial charge on any atom is 0.220 e. The number of carbonyl (C=O) groups is 1. The van der Waals surface area contributed by atoms with Crippen molar-refractivity contribution in [2.75, 3.05) is 6.54 Å². The maximum absolute atomic E-state index is 12.8. The van der Waals surface area contributed by atoms with Crippen LogP contribution in [0.25, 0.3) is 11.4 Å². The Labute approximate surface area is 156 Å². The quantitative estimate of drug-likeness (QED) is 0.655. The Morgan fingerprint density at radius 3 is 2.54 bits per heavy atom. The Morgan fingerprint density at radius 2 is 1.81 bits per heavy atom. The predicted octanol–water partition coefficient (Wildman–Crippen LogP) is 4.16. The van der Waals surface area contributed by atoms with Crippen molar-refractivity contribution < 1.29 is 9.18 Å². The standard InChI is InChI=1S/C20H19ClFN3O/c21-16-6-4-15(5-7-16)20-24-13-18(25-20)11-12-23-19(26)10-3-14-1-8-17(22)9-2-14/h1-2,4-9,13H,3,10-12H2,(H,23,26)(H,24,25). The van der Waals surface area contributed by atoms with Crippen LogP contribution in [0.2, 0.25) is 5.02 Å². The van der Waals surface area contributed by atoms with Gasteiger partial charge in [-0.15, -0.1) is 0 Å². The first kappa shape index (κ1) is 18.1. The van der Waals surface area contributed by atoms with Gasteiger partial charge < -0.3 is 10.3 Å². The van der Waals surface area contributed by atoms with Gasteiger partial charge in [0, 0.05) is 41.9 Å². The molecule has 2 aromatic carbocycles. The van der Waals surface area contributed by atoms with E-state index in [9.17, 15) is 9.18 Å². The summed E-state index contributed by atoms with van der Waals surface area (Å²) in [7, 11) is 0. The molecule has 0 fully saturated rings. The molecule has 0 spiro atoms. The Bertz CT molecular complexity index is 860. The van der Waals surface area contributed by atoms with Crippen LogP contribution in [0.3, 0.4) is 0 Å². The van der Waals surface area contributed by atoms with Gasteiger partial charge in [0.05, 0.1) is 0 Å². The fourth-order valence-corrected chi connectivity index (χ4v) is 2.70. The third-order valence-corrected chi connectivity index (χ3v) is 4.27. The number of imidazole rings is 1. The normalized spacial score (nSPS) is 10.7. The molecule has 3 aromatic rings. The summed E-state index contributed by atoms with van der Waals surface area (Å²) in [4.78, 5) is 19.5. The molecule has 0 bridgehead atoms. The van der Waals surface area contributed by atoms with E-state index in [1.54, 1.807) is 18.3 Å². The van der Waals surface area contributed by atoms with Gasteiger partial charge in [-0.1, -0.05) is 23.7 Å². The molecule has 0 unspecified atom stereocenters. The SMILES string of the molecule is O=C(CCc1ccc(F)cc1)NCCc1cnc(-c2ccc(Cl)cc2)[nH]1. The van der Waals surface area contributed by atoms with Gasteiger partial charge in [-0.05, 0) is 48.4 Å². The minimum absolute atomic E-state index is 0.0215. The number of halogens is 2. The smallest absolute Gasteiger partial charge is 0.220 e. The van der Waals surface area contributed by atoms with Gasteiger partial charge in [-0.2, -0.15) is 0 Å². The van der Waals surface area contributed by atoms with Crippen molar-refractivity contribution in [3.05, 3.63) is 76.8 Å². The Hall–Kier alpha value is -2.66. The summed E-state index contributed by atoms with van der Waals surface area (Å²) in [5, 5.41) is 3.58. The lowest BCUT2D eigenvalue weighted by molar-refractivity contribution is -0.121. The minimum atomic E-state index is -0.268. The third kappa shape index (κ3) is 5.17. The fourth-order valence-electron chi connectivity index (χ4n) is 2.57. The molecule has 4 nitrogen and oxygen atoms in total. The van der Waals surface area contributed by atoms with E-state index < -0.39 is 0 Å². The largest absolute Gasteiger partial charge is 0.356 e. The molecule has 0 aliphatic heterocycles. The molecule has 134 valence electrons. The second kappa shape index (κ2) is 8.63. The van der Waals surface area contributed by atoms with E-state index in [4.69, 9.17) is 11.6 Å². The topological polar surface area (TPSA) is 57.8 Å². The van der Waals surface area contributed by atoms with Gasteiger partial charge in [0.25, 0.3) is 0 Å². The number of rotatable bonds is 7. The van der Waals surface area contributed by atoms with Crippen LogP contribution >= 0.6 is 11.6 Å². The molecule has 1 amide bonds. The van der Waals surface area contributed by atoms with Crippen LogP contribution < -0.4 is 5.32 Å². The first-order valence-corrected chi connectivity index (χ1v) is 8.79. The number of hydrogen-bond acceptors (Lipinski definition) is 2. The molecule has 3 rings (SSSR count). The Kier molecular flexibility index (Phi) is 6.02. The highest BCUT2D eigenvalue weighted by Crippen LogP contribution is 2.18. The second-order valence-electron chi connectivity index (χ2n) is 5.99. The van der Waals surface area contributed by atoms with Crippen LogP contribution in [-0.2, 0) is 17.6 Å². The lowest BCUT2D eigenvalue weighted by atomic mass is 10.1. The van der Waals surface area contributed by atoms with Gasteiger partial charge in [0.2, 0.25) is 5.91 Å². The number of nitrogens with one attached hydrogen (secondary N) is 2. The number of aromatic amines is 1. The molecule has 26 heavy (non-hydrogen) atoms. The highest BCUT2D eigenvalue weighted by atomic mass is 35.5. The van der Waals surface area contributed by atoms with Crippen molar-refractivity contribution in [3.8, 4) is 11.4 Å². The molecule has 1 heterocycles. The average Bonchev–Trinajstić information content (AvgIpc) is 3.11. The second-order valence-corrected chi connectivity index (χ2v) is 6.43. The van der Waals surface area contributed by atoms with Gasteiger partial charge in [0.15, 0.2) is 0 Å². The van der Waals surface area contributed by atoms with E-state index in [-0.39, 0.29) is 11.7 Å². The Balaban J connectivity index is 1.42. The highest BCUT2D eigenvalue weighted by Gasteiger charge is 2.06. The molecule has 0 aliphatic carbocycles. The van der Waals surface area contributed by atoms with E-state index in [0.29, 0.717) is 30.8 Å². The predicted molar refractivity (Wildman–Crippen MR) is 100 cm³/mol.